The van der Waals surface area contributed by atoms with Crippen LogP contribution in [0, 0.1) is 5.82 Å². The van der Waals surface area contributed by atoms with Gasteiger partial charge in [0.25, 0.3) is 0 Å². The van der Waals surface area contributed by atoms with E-state index in [1.807, 2.05) is 6.92 Å². The molecule has 0 aliphatic heterocycles. The van der Waals surface area contributed by atoms with Gasteiger partial charge in [0, 0.05) is 0 Å². The van der Waals surface area contributed by atoms with Crippen LogP contribution < -0.4 is 10.6 Å². The van der Waals surface area contributed by atoms with E-state index < -0.39 is 11.8 Å². The van der Waals surface area contributed by atoms with Gasteiger partial charge in [0.2, 0.25) is 0 Å². The number of amides is 2. The van der Waals surface area contributed by atoms with Gasteiger partial charge in [-0.15, -0.1) is 0 Å². The maximum Gasteiger partial charge on any atom is 0.319 e. The van der Waals surface area contributed by atoms with Crippen LogP contribution in [-0.2, 0) is 0 Å². The molecular weight excluding hydrogens is 326 g/mol. The van der Waals surface area contributed by atoms with Gasteiger partial charge in [-0.05, 0) is 34.5 Å². The van der Waals surface area contributed by atoms with E-state index in [1.165, 1.54) is 6.07 Å². The van der Waals surface area contributed by atoms with Gasteiger partial charge in [-0.25, -0.2) is 9.18 Å². The standard InChI is InChI=1S/C11H13BrClFN2O2/c1-2-6(5-17)15-11(18)16-10-3-7(12)9(14)4-8(10)13/h3-4,6,17H,2,5H2,1H3,(H2,15,16,18). The van der Waals surface area contributed by atoms with Crippen molar-refractivity contribution in [3.63, 3.8) is 0 Å². The quantitative estimate of drug-likeness (QED) is 0.738. The molecule has 0 fully saturated rings. The highest BCUT2D eigenvalue weighted by molar-refractivity contribution is 9.10. The van der Waals surface area contributed by atoms with Gasteiger partial charge in [0.15, 0.2) is 0 Å². The highest BCUT2D eigenvalue weighted by Gasteiger charge is 2.12. The molecule has 0 radical (unpaired) electrons. The van der Waals surface area contributed by atoms with Crippen molar-refractivity contribution in [3.05, 3.63) is 27.4 Å². The average Bonchev–Trinajstić information content (AvgIpc) is 2.33. The van der Waals surface area contributed by atoms with Crippen molar-refractivity contribution in [1.82, 2.24) is 5.32 Å². The summed E-state index contributed by atoms with van der Waals surface area (Å²) in [6, 6.07) is 1.64. The Balaban J connectivity index is 2.73. The number of halogens is 3. The number of rotatable bonds is 4. The first-order chi connectivity index (χ1) is 8.47. The summed E-state index contributed by atoms with van der Waals surface area (Å²) >= 11 is 8.80. The molecule has 0 heterocycles. The third-order valence-corrected chi connectivity index (χ3v) is 3.23. The van der Waals surface area contributed by atoms with Crippen LogP contribution in [-0.4, -0.2) is 23.8 Å². The Bertz CT molecular complexity index is 441. The number of benzene rings is 1. The Morgan fingerprint density at radius 1 is 1.61 bits per heavy atom. The fourth-order valence-electron chi connectivity index (χ4n) is 1.24. The number of anilines is 1. The van der Waals surface area contributed by atoms with Crippen molar-refractivity contribution in [3.8, 4) is 0 Å². The van der Waals surface area contributed by atoms with Crippen LogP contribution in [0.15, 0.2) is 16.6 Å². The average molecular weight is 340 g/mol. The summed E-state index contributed by atoms with van der Waals surface area (Å²) in [6.07, 6.45) is 0.602. The first-order valence-electron chi connectivity index (χ1n) is 5.30. The topological polar surface area (TPSA) is 61.4 Å². The molecule has 7 heteroatoms. The van der Waals surface area contributed by atoms with E-state index in [-0.39, 0.29) is 27.8 Å². The van der Waals surface area contributed by atoms with Crippen molar-refractivity contribution in [2.75, 3.05) is 11.9 Å². The lowest BCUT2D eigenvalue weighted by Crippen LogP contribution is -2.39. The first-order valence-corrected chi connectivity index (χ1v) is 6.48. The Kier molecular flexibility index (Phi) is 5.84. The second kappa shape index (κ2) is 6.92. The zero-order valence-corrected chi connectivity index (χ0v) is 12.0. The molecule has 1 rings (SSSR count). The number of hydrogen-bond donors (Lipinski definition) is 3. The highest BCUT2D eigenvalue weighted by atomic mass is 79.9. The van der Waals surface area contributed by atoms with Gasteiger partial charge in [-0.2, -0.15) is 0 Å². The van der Waals surface area contributed by atoms with Gasteiger partial charge in [-0.1, -0.05) is 18.5 Å². The van der Waals surface area contributed by atoms with Crippen LogP contribution >= 0.6 is 27.5 Å². The Morgan fingerprint density at radius 2 is 2.28 bits per heavy atom. The van der Waals surface area contributed by atoms with Crippen molar-refractivity contribution in [1.29, 1.82) is 0 Å². The molecule has 18 heavy (non-hydrogen) atoms. The maximum atomic E-state index is 13.1. The van der Waals surface area contributed by atoms with Gasteiger partial charge >= 0.3 is 6.03 Å². The third-order valence-electron chi connectivity index (χ3n) is 2.31. The molecule has 1 unspecified atom stereocenters. The van der Waals surface area contributed by atoms with Crippen LogP contribution in [0.5, 0.6) is 0 Å². The largest absolute Gasteiger partial charge is 0.394 e. The smallest absolute Gasteiger partial charge is 0.319 e. The molecule has 0 aromatic heterocycles. The van der Waals surface area contributed by atoms with E-state index in [0.717, 1.165) is 6.07 Å². The Hall–Kier alpha value is -0.850. The van der Waals surface area contributed by atoms with Crippen molar-refractivity contribution >= 4 is 39.2 Å². The first kappa shape index (κ1) is 15.2. The molecule has 0 aliphatic rings. The molecule has 1 atom stereocenters. The monoisotopic (exact) mass is 338 g/mol. The molecule has 0 bridgehead atoms. The fourth-order valence-corrected chi connectivity index (χ4v) is 1.78. The second-order valence-electron chi connectivity index (χ2n) is 3.63. The van der Waals surface area contributed by atoms with E-state index in [2.05, 4.69) is 26.6 Å². The predicted octanol–water partition coefficient (Wildman–Crippen LogP) is 3.13. The lowest BCUT2D eigenvalue weighted by Gasteiger charge is -2.15. The summed E-state index contributed by atoms with van der Waals surface area (Å²) < 4.78 is 13.3. The van der Waals surface area contributed by atoms with E-state index >= 15 is 0 Å². The van der Waals surface area contributed by atoms with Gasteiger partial charge < -0.3 is 15.7 Å². The molecule has 1 aromatic rings. The maximum absolute atomic E-state index is 13.1. The Labute approximate surface area is 118 Å². The van der Waals surface area contributed by atoms with Gasteiger partial charge in [0.1, 0.15) is 5.82 Å². The zero-order valence-electron chi connectivity index (χ0n) is 9.64. The minimum Gasteiger partial charge on any atom is -0.394 e. The van der Waals surface area contributed by atoms with E-state index in [0.29, 0.717) is 6.42 Å². The highest BCUT2D eigenvalue weighted by Crippen LogP contribution is 2.28. The van der Waals surface area contributed by atoms with Crippen molar-refractivity contribution < 1.29 is 14.3 Å². The fraction of sp³-hybridized carbons (Fsp3) is 0.364. The molecule has 1 aromatic carbocycles. The van der Waals surface area contributed by atoms with Crippen LogP contribution in [0.3, 0.4) is 0 Å². The molecule has 100 valence electrons. The van der Waals surface area contributed by atoms with Crippen LogP contribution in [0.1, 0.15) is 13.3 Å². The number of nitrogens with one attached hydrogen (secondary N) is 2. The lowest BCUT2D eigenvalue weighted by atomic mass is 10.2. The minimum absolute atomic E-state index is 0.0999. The predicted molar refractivity (Wildman–Crippen MR) is 72.4 cm³/mol. The number of carbonyl (C=O) groups excluding carboxylic acids is 1. The zero-order chi connectivity index (χ0) is 13.7. The molecule has 0 spiro atoms. The summed E-state index contributed by atoms with van der Waals surface area (Å²) in [4.78, 5) is 11.6. The molecule has 3 N–H and O–H groups in total. The van der Waals surface area contributed by atoms with E-state index in [1.54, 1.807) is 0 Å². The van der Waals surface area contributed by atoms with Crippen molar-refractivity contribution in [2.45, 2.75) is 19.4 Å². The van der Waals surface area contributed by atoms with Crippen LogP contribution in [0.4, 0.5) is 14.9 Å². The molecule has 0 saturated heterocycles. The third kappa shape index (κ3) is 4.12. The SMILES string of the molecule is CCC(CO)NC(=O)Nc1cc(Br)c(F)cc1Cl. The minimum atomic E-state index is -0.507. The van der Waals surface area contributed by atoms with Crippen LogP contribution in [0.2, 0.25) is 5.02 Å². The molecule has 0 aliphatic carbocycles. The number of aliphatic hydroxyl groups is 1. The molecule has 0 saturated carbocycles. The molecule has 2 amide bonds. The summed E-state index contributed by atoms with van der Waals surface area (Å²) in [7, 11) is 0. The van der Waals surface area contributed by atoms with E-state index in [4.69, 9.17) is 16.7 Å². The molecule has 4 nitrogen and oxygen atoms in total. The van der Waals surface area contributed by atoms with Gasteiger partial charge in [0.05, 0.1) is 27.8 Å². The van der Waals surface area contributed by atoms with E-state index in [9.17, 15) is 9.18 Å². The van der Waals surface area contributed by atoms with Crippen molar-refractivity contribution in [2.24, 2.45) is 0 Å². The number of urea groups is 1. The lowest BCUT2D eigenvalue weighted by molar-refractivity contribution is 0.222. The molecular formula is C11H13BrClFN2O2. The summed E-state index contributed by atoms with van der Waals surface area (Å²) in [5.74, 6) is -0.507. The summed E-state index contributed by atoms with van der Waals surface area (Å²) in [6.45, 7) is 1.69. The Morgan fingerprint density at radius 3 is 2.83 bits per heavy atom. The van der Waals surface area contributed by atoms with Crippen LogP contribution in [0.25, 0.3) is 0 Å². The van der Waals surface area contributed by atoms with Gasteiger partial charge in [-0.3, -0.25) is 0 Å². The number of hydrogen-bond acceptors (Lipinski definition) is 2. The second-order valence-corrected chi connectivity index (χ2v) is 4.89. The number of carbonyl (C=O) groups is 1. The summed E-state index contributed by atoms with van der Waals surface area (Å²) in [5, 5.41) is 14.1. The summed E-state index contributed by atoms with van der Waals surface area (Å²) in [5.41, 5.74) is 0.287. The number of aliphatic hydroxyl groups excluding tert-OH is 1. The normalized spacial score (nSPS) is 12.1.